The Bertz CT molecular complexity index is 443. The van der Waals surface area contributed by atoms with Crippen LogP contribution in [0.5, 0.6) is 0 Å². The van der Waals surface area contributed by atoms with Gasteiger partial charge in [-0.3, -0.25) is 9.00 Å². The number of nitrogens with one attached hydrogen (secondary N) is 1. The normalized spacial score (nSPS) is 12.2. The second-order valence-electron chi connectivity index (χ2n) is 3.27. The lowest BCUT2D eigenvalue weighted by Gasteiger charge is -2.10. The molecule has 0 fully saturated rings. The Kier molecular flexibility index (Phi) is 5.24. The molecule has 1 atom stereocenters. The molecule has 0 aliphatic carbocycles. The Labute approximate surface area is 112 Å². The third-order valence-corrected chi connectivity index (χ3v) is 3.71. The summed E-state index contributed by atoms with van der Waals surface area (Å²) in [6.07, 6.45) is 0. The van der Waals surface area contributed by atoms with Gasteiger partial charge in [0.15, 0.2) is 0 Å². The van der Waals surface area contributed by atoms with Crippen molar-refractivity contribution in [2.24, 2.45) is 0 Å². The van der Waals surface area contributed by atoms with Crippen LogP contribution in [0, 0.1) is 0 Å². The number of carbonyl (C=O) groups excluding carboxylic acids is 1. The molecule has 3 N–H and O–H groups in total. The van der Waals surface area contributed by atoms with Gasteiger partial charge in [-0.05, 0) is 12.1 Å². The van der Waals surface area contributed by atoms with Crippen LogP contribution in [-0.4, -0.2) is 21.6 Å². The lowest BCUT2D eigenvalue weighted by atomic mass is 10.2. The van der Waals surface area contributed by atoms with Gasteiger partial charge in [-0.2, -0.15) is 0 Å². The van der Waals surface area contributed by atoms with Gasteiger partial charge in [0.1, 0.15) is 5.75 Å². The number of carbonyl (C=O) groups is 1. The topological polar surface area (TPSA) is 72.2 Å². The van der Waals surface area contributed by atoms with Crippen LogP contribution in [-0.2, 0) is 15.6 Å². The summed E-state index contributed by atoms with van der Waals surface area (Å²) in [6, 6.07) is 2.96. The molecule has 4 nitrogen and oxygen atoms in total. The van der Waals surface area contributed by atoms with Gasteiger partial charge in [-0.1, -0.05) is 30.1 Å². The number of nitrogen functional groups attached to an aromatic ring is 1. The largest absolute Gasteiger partial charge is 0.397 e. The Morgan fingerprint density at radius 2 is 2.12 bits per heavy atom. The number of amides is 1. The van der Waals surface area contributed by atoms with Gasteiger partial charge in [-0.25, -0.2) is 0 Å². The highest BCUT2D eigenvalue weighted by Gasteiger charge is 2.12. The third-order valence-electron chi connectivity index (χ3n) is 1.96. The fraction of sp³-hybridized carbons (Fsp3) is 0.300. The van der Waals surface area contributed by atoms with Crippen molar-refractivity contribution in [3.8, 4) is 0 Å². The molecular weight excluding hydrogens is 283 g/mol. The molecule has 0 spiro atoms. The van der Waals surface area contributed by atoms with E-state index in [4.69, 9.17) is 28.9 Å². The average Bonchev–Trinajstić information content (AvgIpc) is 2.23. The average molecular weight is 295 g/mol. The quantitative estimate of drug-likeness (QED) is 0.837. The van der Waals surface area contributed by atoms with Crippen LogP contribution in [0.3, 0.4) is 0 Å². The molecule has 0 aliphatic heterocycles. The van der Waals surface area contributed by atoms with Crippen LogP contribution >= 0.6 is 23.2 Å². The molecule has 0 aromatic heterocycles. The summed E-state index contributed by atoms with van der Waals surface area (Å²) in [4.78, 5) is 11.5. The molecule has 1 amide bonds. The van der Waals surface area contributed by atoms with Gasteiger partial charge in [0.25, 0.3) is 0 Å². The van der Waals surface area contributed by atoms with Gasteiger partial charge in [0, 0.05) is 21.6 Å². The van der Waals surface area contributed by atoms with Crippen LogP contribution in [0.4, 0.5) is 11.4 Å². The number of benzene rings is 1. The summed E-state index contributed by atoms with van der Waals surface area (Å²) in [7, 11) is -1.17. The fourth-order valence-electron chi connectivity index (χ4n) is 1.15. The molecule has 17 heavy (non-hydrogen) atoms. The number of anilines is 2. The number of hydrogen-bond acceptors (Lipinski definition) is 3. The van der Waals surface area contributed by atoms with Crippen LogP contribution in [0.1, 0.15) is 6.92 Å². The Hall–Kier alpha value is -0.780. The summed E-state index contributed by atoms with van der Waals surface area (Å²) in [5, 5.41) is 3.17. The van der Waals surface area contributed by atoms with Gasteiger partial charge >= 0.3 is 0 Å². The van der Waals surface area contributed by atoms with Gasteiger partial charge in [0.05, 0.1) is 16.4 Å². The van der Waals surface area contributed by atoms with Gasteiger partial charge in [0.2, 0.25) is 5.91 Å². The zero-order valence-corrected chi connectivity index (χ0v) is 11.5. The zero-order chi connectivity index (χ0) is 13.0. The number of halogens is 2. The van der Waals surface area contributed by atoms with E-state index in [1.54, 1.807) is 6.92 Å². The highest BCUT2D eigenvalue weighted by Crippen LogP contribution is 2.31. The first-order valence-electron chi connectivity index (χ1n) is 4.83. The fourth-order valence-corrected chi connectivity index (χ4v) is 2.27. The van der Waals surface area contributed by atoms with Crippen molar-refractivity contribution in [2.45, 2.75) is 6.92 Å². The lowest BCUT2D eigenvalue weighted by Crippen LogP contribution is -2.21. The maximum absolute atomic E-state index is 11.5. The molecule has 1 unspecified atom stereocenters. The highest BCUT2D eigenvalue weighted by molar-refractivity contribution is 7.85. The predicted octanol–water partition coefficient (Wildman–Crippen LogP) is 2.28. The Morgan fingerprint density at radius 3 is 2.65 bits per heavy atom. The molecule has 0 saturated carbocycles. The smallest absolute Gasteiger partial charge is 0.237 e. The summed E-state index contributed by atoms with van der Waals surface area (Å²) < 4.78 is 11.2. The van der Waals surface area contributed by atoms with Crippen LogP contribution < -0.4 is 11.1 Å². The van der Waals surface area contributed by atoms with Crippen molar-refractivity contribution in [1.82, 2.24) is 0 Å². The molecule has 94 valence electrons. The molecule has 1 rings (SSSR count). The standard InChI is InChI=1S/C10H12Cl2N2O2S/c1-2-17(16)5-9(15)14-10-7(12)3-6(11)4-8(10)13/h3-4H,2,5,13H2,1H3,(H,14,15). The summed E-state index contributed by atoms with van der Waals surface area (Å²) in [5.74, 6) is -0.0345. The zero-order valence-electron chi connectivity index (χ0n) is 9.13. The van der Waals surface area contributed by atoms with E-state index in [0.717, 1.165) is 0 Å². The van der Waals surface area contributed by atoms with Crippen LogP contribution in [0.2, 0.25) is 10.0 Å². The predicted molar refractivity (Wildman–Crippen MR) is 73.1 cm³/mol. The monoisotopic (exact) mass is 294 g/mol. The second kappa shape index (κ2) is 6.23. The second-order valence-corrected chi connectivity index (χ2v) is 5.86. The number of hydrogen-bond donors (Lipinski definition) is 2. The first-order chi connectivity index (χ1) is 7.93. The molecule has 0 heterocycles. The molecule has 0 aliphatic rings. The van der Waals surface area contributed by atoms with Crippen molar-refractivity contribution in [1.29, 1.82) is 0 Å². The van der Waals surface area contributed by atoms with E-state index in [2.05, 4.69) is 5.32 Å². The Balaban J connectivity index is 2.82. The molecule has 1 aromatic rings. The summed E-state index contributed by atoms with van der Waals surface area (Å²) in [6.45, 7) is 1.74. The highest BCUT2D eigenvalue weighted by atomic mass is 35.5. The maximum atomic E-state index is 11.5. The van der Waals surface area contributed by atoms with Crippen molar-refractivity contribution < 1.29 is 9.00 Å². The van der Waals surface area contributed by atoms with E-state index >= 15 is 0 Å². The molecule has 0 saturated heterocycles. The van der Waals surface area contributed by atoms with E-state index in [1.165, 1.54) is 12.1 Å². The lowest BCUT2D eigenvalue weighted by molar-refractivity contribution is -0.113. The minimum atomic E-state index is -1.17. The van der Waals surface area contributed by atoms with Gasteiger partial charge in [-0.15, -0.1) is 0 Å². The minimum absolute atomic E-state index is 0.0745. The van der Waals surface area contributed by atoms with Crippen molar-refractivity contribution in [2.75, 3.05) is 22.6 Å². The SMILES string of the molecule is CCS(=O)CC(=O)Nc1c(N)cc(Cl)cc1Cl. The van der Waals surface area contributed by atoms with E-state index < -0.39 is 10.8 Å². The van der Waals surface area contributed by atoms with E-state index in [0.29, 0.717) is 16.5 Å². The summed E-state index contributed by atoms with van der Waals surface area (Å²) >= 11 is 11.6. The van der Waals surface area contributed by atoms with E-state index in [1.807, 2.05) is 0 Å². The van der Waals surface area contributed by atoms with E-state index in [-0.39, 0.29) is 22.4 Å². The number of nitrogens with two attached hydrogens (primary N) is 1. The Morgan fingerprint density at radius 1 is 1.47 bits per heavy atom. The van der Waals surface area contributed by atoms with Crippen LogP contribution in [0.15, 0.2) is 12.1 Å². The first-order valence-corrected chi connectivity index (χ1v) is 7.07. The third kappa shape index (κ3) is 4.18. The molecule has 0 bridgehead atoms. The molecule has 1 aromatic carbocycles. The molecule has 7 heteroatoms. The molecular formula is C10H12Cl2N2O2S. The van der Waals surface area contributed by atoms with Crippen molar-refractivity contribution in [3.63, 3.8) is 0 Å². The molecule has 0 radical (unpaired) electrons. The van der Waals surface area contributed by atoms with E-state index in [9.17, 15) is 9.00 Å². The van der Waals surface area contributed by atoms with Gasteiger partial charge < -0.3 is 11.1 Å². The van der Waals surface area contributed by atoms with Crippen LogP contribution in [0.25, 0.3) is 0 Å². The summed E-state index contributed by atoms with van der Waals surface area (Å²) in [5.41, 5.74) is 6.25. The maximum Gasteiger partial charge on any atom is 0.237 e. The van der Waals surface area contributed by atoms with Crippen molar-refractivity contribution >= 4 is 51.3 Å². The first kappa shape index (κ1) is 14.3. The minimum Gasteiger partial charge on any atom is -0.397 e. The number of rotatable bonds is 4. The van der Waals surface area contributed by atoms with Crippen molar-refractivity contribution in [3.05, 3.63) is 22.2 Å².